The molecule has 0 heterocycles. The second-order valence-electron chi connectivity index (χ2n) is 3.00. The lowest BCUT2D eigenvalue weighted by Gasteiger charge is -2.17. The van der Waals surface area contributed by atoms with Gasteiger partial charge in [-0.2, -0.15) is 0 Å². The van der Waals surface area contributed by atoms with Crippen molar-refractivity contribution in [2.45, 2.75) is 39.2 Å². The van der Waals surface area contributed by atoms with Gasteiger partial charge in [0.25, 0.3) is 0 Å². The highest BCUT2D eigenvalue weighted by Crippen LogP contribution is 2.09. The Kier molecular flexibility index (Phi) is 4.37. The molecule has 0 aromatic heterocycles. The summed E-state index contributed by atoms with van der Waals surface area (Å²) in [5, 5.41) is 0. The molecule has 0 aliphatic heterocycles. The van der Waals surface area contributed by atoms with Crippen molar-refractivity contribution in [1.29, 1.82) is 0 Å². The van der Waals surface area contributed by atoms with Crippen LogP contribution in [0.5, 0.6) is 0 Å². The van der Waals surface area contributed by atoms with Gasteiger partial charge in [0.2, 0.25) is 0 Å². The van der Waals surface area contributed by atoms with Crippen LogP contribution in [-0.4, -0.2) is 12.7 Å². The van der Waals surface area contributed by atoms with Gasteiger partial charge in [0, 0.05) is 7.11 Å². The van der Waals surface area contributed by atoms with E-state index in [1.807, 2.05) is 0 Å². The molecule has 0 spiro atoms. The van der Waals surface area contributed by atoms with Crippen LogP contribution in [0.1, 0.15) is 33.6 Å². The molecule has 10 heavy (non-hydrogen) atoms. The summed E-state index contributed by atoms with van der Waals surface area (Å²) in [6.07, 6.45) is 6.63. The summed E-state index contributed by atoms with van der Waals surface area (Å²) < 4.78 is 5.20. The van der Waals surface area contributed by atoms with Gasteiger partial charge in [0.15, 0.2) is 0 Å². The van der Waals surface area contributed by atoms with E-state index in [-0.39, 0.29) is 5.60 Å². The van der Waals surface area contributed by atoms with Gasteiger partial charge in [-0.15, -0.1) is 0 Å². The van der Waals surface area contributed by atoms with E-state index in [2.05, 4.69) is 32.9 Å². The summed E-state index contributed by atoms with van der Waals surface area (Å²) in [6, 6.07) is 0. The van der Waals surface area contributed by atoms with E-state index in [0.717, 1.165) is 6.42 Å². The molecule has 0 saturated carbocycles. The molecule has 0 aromatic carbocycles. The summed E-state index contributed by atoms with van der Waals surface area (Å²) in [7, 11) is 1.73. The van der Waals surface area contributed by atoms with Crippen LogP contribution in [0.2, 0.25) is 0 Å². The minimum absolute atomic E-state index is 0.0881. The second-order valence-corrected chi connectivity index (χ2v) is 3.00. The molecule has 60 valence electrons. The molecule has 1 nitrogen and oxygen atoms in total. The van der Waals surface area contributed by atoms with Gasteiger partial charge in [0.1, 0.15) is 0 Å². The molecule has 0 aromatic rings. The Labute approximate surface area is 64.1 Å². The number of methoxy groups -OCH3 is 1. The third-order valence-corrected chi connectivity index (χ3v) is 1.50. The quantitative estimate of drug-likeness (QED) is 0.548. The monoisotopic (exact) mass is 142 g/mol. The number of rotatable bonds is 4. The van der Waals surface area contributed by atoms with E-state index in [0.29, 0.717) is 0 Å². The Bertz CT molecular complexity index is 103. The lowest BCUT2D eigenvalue weighted by atomic mass is 10.1. The lowest BCUT2D eigenvalue weighted by Crippen LogP contribution is -2.18. The van der Waals surface area contributed by atoms with Crippen LogP contribution < -0.4 is 0 Å². The van der Waals surface area contributed by atoms with Crippen molar-refractivity contribution >= 4 is 0 Å². The molecule has 0 rings (SSSR count). The summed E-state index contributed by atoms with van der Waals surface area (Å²) in [5.74, 6) is 0. The van der Waals surface area contributed by atoms with E-state index in [4.69, 9.17) is 4.74 Å². The maximum atomic E-state index is 5.20. The van der Waals surface area contributed by atoms with Gasteiger partial charge >= 0.3 is 0 Å². The molecule has 1 heteroatoms. The zero-order valence-electron chi connectivity index (χ0n) is 7.48. The van der Waals surface area contributed by atoms with Crippen LogP contribution in [0.4, 0.5) is 0 Å². The smallest absolute Gasteiger partial charge is 0.0802 e. The summed E-state index contributed by atoms with van der Waals surface area (Å²) in [6.45, 7) is 6.28. The predicted molar refractivity (Wildman–Crippen MR) is 45.1 cm³/mol. The first kappa shape index (κ1) is 9.70. The average molecular weight is 142 g/mol. The van der Waals surface area contributed by atoms with Gasteiger partial charge in [-0.05, 0) is 20.3 Å². The number of allylic oxidation sites excluding steroid dienone is 1. The zero-order valence-corrected chi connectivity index (χ0v) is 7.48. The van der Waals surface area contributed by atoms with Crippen molar-refractivity contribution < 1.29 is 4.74 Å². The standard InChI is InChI=1S/C9H18O/c1-5-6-7-8-9(2,3)10-4/h7-8H,5-6H2,1-4H3. The average Bonchev–Trinajstić information content (AvgIpc) is 1.89. The first-order chi connectivity index (χ1) is 4.62. The highest BCUT2D eigenvalue weighted by Gasteiger charge is 2.09. The maximum absolute atomic E-state index is 5.20. The van der Waals surface area contributed by atoms with Crippen molar-refractivity contribution in [2.24, 2.45) is 0 Å². The Morgan fingerprint density at radius 2 is 2.00 bits per heavy atom. The third-order valence-electron chi connectivity index (χ3n) is 1.50. The first-order valence-corrected chi connectivity index (χ1v) is 3.85. The minimum Gasteiger partial charge on any atom is -0.375 e. The van der Waals surface area contributed by atoms with E-state index in [9.17, 15) is 0 Å². The molecule has 0 radical (unpaired) electrons. The highest BCUT2D eigenvalue weighted by molar-refractivity contribution is 4.96. The molecule has 0 N–H and O–H groups in total. The highest BCUT2D eigenvalue weighted by atomic mass is 16.5. The van der Waals surface area contributed by atoms with Crippen LogP contribution in [-0.2, 0) is 4.74 Å². The SMILES string of the molecule is CCCC=CC(C)(C)OC. The van der Waals surface area contributed by atoms with Gasteiger partial charge in [-0.3, -0.25) is 0 Å². The molecule has 0 unspecified atom stereocenters. The topological polar surface area (TPSA) is 9.23 Å². The fourth-order valence-corrected chi connectivity index (χ4v) is 0.602. The molecule has 0 aliphatic rings. The van der Waals surface area contributed by atoms with Crippen molar-refractivity contribution in [1.82, 2.24) is 0 Å². The van der Waals surface area contributed by atoms with Crippen LogP contribution in [0.25, 0.3) is 0 Å². The first-order valence-electron chi connectivity index (χ1n) is 3.85. The van der Waals surface area contributed by atoms with Crippen LogP contribution in [0, 0.1) is 0 Å². The normalized spacial score (nSPS) is 12.8. The van der Waals surface area contributed by atoms with Crippen LogP contribution in [0.15, 0.2) is 12.2 Å². The fraction of sp³-hybridized carbons (Fsp3) is 0.778. The van der Waals surface area contributed by atoms with Gasteiger partial charge in [-0.1, -0.05) is 25.5 Å². The summed E-state index contributed by atoms with van der Waals surface area (Å²) in [4.78, 5) is 0. The van der Waals surface area contributed by atoms with Crippen molar-refractivity contribution in [3.63, 3.8) is 0 Å². The fourth-order valence-electron chi connectivity index (χ4n) is 0.602. The van der Waals surface area contributed by atoms with E-state index >= 15 is 0 Å². The Morgan fingerprint density at radius 3 is 2.40 bits per heavy atom. The van der Waals surface area contributed by atoms with Crippen LogP contribution >= 0.6 is 0 Å². The Balaban J connectivity index is 3.63. The predicted octanol–water partition coefficient (Wildman–Crippen LogP) is 2.77. The van der Waals surface area contributed by atoms with E-state index in [1.54, 1.807) is 7.11 Å². The van der Waals surface area contributed by atoms with E-state index in [1.165, 1.54) is 6.42 Å². The van der Waals surface area contributed by atoms with Gasteiger partial charge < -0.3 is 4.74 Å². The molecule has 0 amide bonds. The Morgan fingerprint density at radius 1 is 1.40 bits per heavy atom. The summed E-state index contributed by atoms with van der Waals surface area (Å²) in [5.41, 5.74) is -0.0881. The largest absolute Gasteiger partial charge is 0.375 e. The molecule has 0 aliphatic carbocycles. The summed E-state index contributed by atoms with van der Waals surface area (Å²) >= 11 is 0. The Hall–Kier alpha value is -0.300. The molecule has 0 atom stereocenters. The number of unbranched alkanes of at least 4 members (excludes halogenated alkanes) is 1. The second kappa shape index (κ2) is 4.51. The molecule has 0 fully saturated rings. The molecule has 0 saturated heterocycles. The van der Waals surface area contributed by atoms with Gasteiger partial charge in [0.05, 0.1) is 5.60 Å². The minimum atomic E-state index is -0.0881. The van der Waals surface area contributed by atoms with E-state index < -0.39 is 0 Å². The van der Waals surface area contributed by atoms with Crippen molar-refractivity contribution in [3.05, 3.63) is 12.2 Å². The lowest BCUT2D eigenvalue weighted by molar-refractivity contribution is 0.0653. The number of hydrogen-bond acceptors (Lipinski definition) is 1. The van der Waals surface area contributed by atoms with Crippen LogP contribution in [0.3, 0.4) is 0 Å². The zero-order chi connectivity index (χ0) is 8.04. The molecule has 0 bridgehead atoms. The third kappa shape index (κ3) is 4.57. The number of ether oxygens (including phenoxy) is 1. The maximum Gasteiger partial charge on any atom is 0.0802 e. The van der Waals surface area contributed by atoms with Crippen molar-refractivity contribution in [3.8, 4) is 0 Å². The molecular formula is C9H18O. The number of hydrogen-bond donors (Lipinski definition) is 0. The van der Waals surface area contributed by atoms with Gasteiger partial charge in [-0.25, -0.2) is 0 Å². The van der Waals surface area contributed by atoms with Crippen molar-refractivity contribution in [2.75, 3.05) is 7.11 Å². The molecular weight excluding hydrogens is 124 g/mol.